The molecule has 1 N–H and O–H groups in total. The van der Waals surface area contributed by atoms with E-state index in [1.165, 1.54) is 11.6 Å². The molecule has 0 bridgehead atoms. The average Bonchev–Trinajstić information content (AvgIpc) is 2.15. The largest absolute Gasteiger partial charge is 0.310 e. The molecule has 0 aliphatic carbocycles. The molecule has 0 radical (unpaired) electrons. The Kier molecular flexibility index (Phi) is 4.08. The Morgan fingerprint density at radius 3 is 2.57 bits per heavy atom. The Morgan fingerprint density at radius 2 is 2.07 bits per heavy atom. The lowest BCUT2D eigenvalue weighted by atomic mass is 9.99. The molecule has 1 aromatic carbocycles. The minimum Gasteiger partial charge on any atom is -0.310 e. The van der Waals surface area contributed by atoms with E-state index < -0.39 is 0 Å². The highest BCUT2D eigenvalue weighted by atomic mass is 19.1. The predicted octanol–water partition coefficient (Wildman–Crippen LogP) is 3.19. The van der Waals surface area contributed by atoms with Gasteiger partial charge in [-0.25, -0.2) is 4.39 Å². The summed E-state index contributed by atoms with van der Waals surface area (Å²) in [5.74, 6) is -0.155. The fourth-order valence-corrected chi connectivity index (χ4v) is 1.75. The number of aryl methyl sites for hydroxylation is 1. The van der Waals surface area contributed by atoms with E-state index >= 15 is 0 Å². The molecule has 1 aromatic rings. The lowest BCUT2D eigenvalue weighted by molar-refractivity contribution is 0.532. The summed E-state index contributed by atoms with van der Waals surface area (Å²) in [6.07, 6.45) is 1.03. The zero-order valence-corrected chi connectivity index (χ0v) is 9.10. The maximum absolute atomic E-state index is 12.9. The van der Waals surface area contributed by atoms with Crippen molar-refractivity contribution >= 4 is 0 Å². The number of rotatable bonds is 4. The van der Waals surface area contributed by atoms with Crippen molar-refractivity contribution in [3.8, 4) is 0 Å². The molecule has 0 saturated heterocycles. The molecule has 14 heavy (non-hydrogen) atoms. The summed E-state index contributed by atoms with van der Waals surface area (Å²) in [6, 6.07) is 5.35. The van der Waals surface area contributed by atoms with Crippen molar-refractivity contribution in [2.45, 2.75) is 33.2 Å². The van der Waals surface area contributed by atoms with Gasteiger partial charge in [-0.05, 0) is 43.1 Å². The Bertz CT molecular complexity index is 296. The first-order valence-corrected chi connectivity index (χ1v) is 5.18. The fourth-order valence-electron chi connectivity index (χ4n) is 1.75. The first-order chi connectivity index (χ1) is 6.69. The third kappa shape index (κ3) is 2.55. The molecule has 0 aromatic heterocycles. The summed E-state index contributed by atoms with van der Waals surface area (Å²) < 4.78 is 12.9. The van der Waals surface area contributed by atoms with E-state index in [0.29, 0.717) is 6.04 Å². The second kappa shape index (κ2) is 5.11. The van der Waals surface area contributed by atoms with Gasteiger partial charge in [-0.3, -0.25) is 0 Å². The van der Waals surface area contributed by atoms with Gasteiger partial charge in [0, 0.05) is 6.04 Å². The summed E-state index contributed by atoms with van der Waals surface area (Å²) in [5.41, 5.74) is 2.23. The normalized spacial score (nSPS) is 12.9. The summed E-state index contributed by atoms with van der Waals surface area (Å²) >= 11 is 0. The minimum atomic E-state index is -0.155. The van der Waals surface area contributed by atoms with Gasteiger partial charge in [0.05, 0.1) is 0 Å². The highest BCUT2D eigenvalue weighted by Crippen LogP contribution is 2.20. The highest BCUT2D eigenvalue weighted by Gasteiger charge is 2.10. The van der Waals surface area contributed by atoms with Crippen LogP contribution in [0.1, 0.15) is 37.4 Å². The predicted molar refractivity (Wildman–Crippen MR) is 57.8 cm³/mol. The van der Waals surface area contributed by atoms with E-state index in [1.807, 2.05) is 13.0 Å². The van der Waals surface area contributed by atoms with Crippen molar-refractivity contribution in [2.24, 2.45) is 0 Å². The zero-order valence-electron chi connectivity index (χ0n) is 9.10. The number of hydrogen-bond donors (Lipinski definition) is 1. The van der Waals surface area contributed by atoms with Crippen LogP contribution in [0, 0.1) is 12.7 Å². The smallest absolute Gasteiger partial charge is 0.123 e. The molecule has 78 valence electrons. The molecular formula is C12H18FN. The van der Waals surface area contributed by atoms with Crippen LogP contribution >= 0.6 is 0 Å². The molecule has 0 aliphatic rings. The summed E-state index contributed by atoms with van der Waals surface area (Å²) in [5, 5.41) is 3.39. The van der Waals surface area contributed by atoms with Gasteiger partial charge in [0.1, 0.15) is 5.82 Å². The zero-order chi connectivity index (χ0) is 10.6. The van der Waals surface area contributed by atoms with Crippen molar-refractivity contribution in [1.29, 1.82) is 0 Å². The van der Waals surface area contributed by atoms with Gasteiger partial charge in [-0.1, -0.05) is 19.9 Å². The van der Waals surface area contributed by atoms with Crippen molar-refractivity contribution in [3.63, 3.8) is 0 Å². The molecule has 0 fully saturated rings. The SMILES string of the molecule is CCNC(CC)c1ccc(F)cc1C. The van der Waals surface area contributed by atoms with Gasteiger partial charge in [0.25, 0.3) is 0 Å². The lowest BCUT2D eigenvalue weighted by Gasteiger charge is -2.18. The van der Waals surface area contributed by atoms with Crippen LogP contribution in [0.4, 0.5) is 4.39 Å². The first kappa shape index (κ1) is 11.2. The van der Waals surface area contributed by atoms with Crippen molar-refractivity contribution < 1.29 is 4.39 Å². The third-order valence-corrected chi connectivity index (χ3v) is 2.47. The highest BCUT2D eigenvalue weighted by molar-refractivity contribution is 5.29. The second-order valence-electron chi connectivity index (χ2n) is 3.52. The van der Waals surface area contributed by atoms with Crippen LogP contribution in [0.15, 0.2) is 18.2 Å². The fraction of sp³-hybridized carbons (Fsp3) is 0.500. The number of halogens is 1. The van der Waals surface area contributed by atoms with E-state index in [-0.39, 0.29) is 5.82 Å². The first-order valence-electron chi connectivity index (χ1n) is 5.18. The van der Waals surface area contributed by atoms with Crippen LogP contribution in [-0.2, 0) is 0 Å². The molecule has 1 atom stereocenters. The molecular weight excluding hydrogens is 177 g/mol. The molecule has 0 heterocycles. The maximum atomic E-state index is 12.9. The van der Waals surface area contributed by atoms with Crippen LogP contribution in [0.3, 0.4) is 0 Å². The Morgan fingerprint density at radius 1 is 1.36 bits per heavy atom. The van der Waals surface area contributed by atoms with E-state index in [0.717, 1.165) is 18.5 Å². The molecule has 0 aliphatic heterocycles. The lowest BCUT2D eigenvalue weighted by Crippen LogP contribution is -2.20. The minimum absolute atomic E-state index is 0.155. The standard InChI is InChI=1S/C12H18FN/c1-4-12(14-5-2)11-7-6-10(13)8-9(11)3/h6-8,12,14H,4-5H2,1-3H3. The third-order valence-electron chi connectivity index (χ3n) is 2.47. The Hall–Kier alpha value is -0.890. The van der Waals surface area contributed by atoms with Gasteiger partial charge in [0.2, 0.25) is 0 Å². The summed E-state index contributed by atoms with van der Waals surface area (Å²) in [4.78, 5) is 0. The van der Waals surface area contributed by atoms with Gasteiger partial charge in [0.15, 0.2) is 0 Å². The molecule has 0 saturated carbocycles. The van der Waals surface area contributed by atoms with Gasteiger partial charge < -0.3 is 5.32 Å². The van der Waals surface area contributed by atoms with Gasteiger partial charge >= 0.3 is 0 Å². The van der Waals surface area contributed by atoms with Gasteiger partial charge in [-0.15, -0.1) is 0 Å². The molecule has 1 nitrogen and oxygen atoms in total. The van der Waals surface area contributed by atoms with Crippen molar-refractivity contribution in [1.82, 2.24) is 5.32 Å². The van der Waals surface area contributed by atoms with Crippen molar-refractivity contribution in [3.05, 3.63) is 35.1 Å². The van der Waals surface area contributed by atoms with Gasteiger partial charge in [-0.2, -0.15) is 0 Å². The molecule has 0 spiro atoms. The monoisotopic (exact) mass is 195 g/mol. The Balaban J connectivity index is 2.92. The molecule has 1 rings (SSSR count). The van der Waals surface area contributed by atoms with Crippen molar-refractivity contribution in [2.75, 3.05) is 6.54 Å². The van der Waals surface area contributed by atoms with Crippen LogP contribution in [0.5, 0.6) is 0 Å². The average molecular weight is 195 g/mol. The number of nitrogens with one attached hydrogen (secondary N) is 1. The van der Waals surface area contributed by atoms with E-state index in [2.05, 4.69) is 19.2 Å². The van der Waals surface area contributed by atoms with Crippen LogP contribution in [0.2, 0.25) is 0 Å². The maximum Gasteiger partial charge on any atom is 0.123 e. The quantitative estimate of drug-likeness (QED) is 0.778. The molecule has 1 unspecified atom stereocenters. The second-order valence-corrected chi connectivity index (χ2v) is 3.52. The summed E-state index contributed by atoms with van der Waals surface area (Å²) in [7, 11) is 0. The van der Waals surface area contributed by atoms with E-state index in [4.69, 9.17) is 0 Å². The summed E-state index contributed by atoms with van der Waals surface area (Å²) in [6.45, 7) is 7.12. The van der Waals surface area contributed by atoms with E-state index in [9.17, 15) is 4.39 Å². The van der Waals surface area contributed by atoms with Crippen LogP contribution < -0.4 is 5.32 Å². The topological polar surface area (TPSA) is 12.0 Å². The molecule has 2 heteroatoms. The molecule has 0 amide bonds. The van der Waals surface area contributed by atoms with E-state index in [1.54, 1.807) is 6.07 Å². The van der Waals surface area contributed by atoms with Crippen LogP contribution in [-0.4, -0.2) is 6.54 Å². The number of benzene rings is 1. The van der Waals surface area contributed by atoms with Crippen LogP contribution in [0.25, 0.3) is 0 Å². The number of hydrogen-bond acceptors (Lipinski definition) is 1. The Labute approximate surface area is 85.3 Å².